The third-order valence-corrected chi connectivity index (χ3v) is 7.70. The molecule has 2 aromatic carbocycles. The SMILES string of the molecule is O=C(C=Cc1ccc(Cl)c(Cl)c1)N1CCC2(CC1)CN(C(=O)C=Cc1ccc(Cl)c(Cl)c1)C2. The number of hydrogen-bond acceptors (Lipinski definition) is 2. The van der Waals surface area contributed by atoms with Crippen molar-refractivity contribution in [3.8, 4) is 0 Å². The Morgan fingerprint density at radius 1 is 0.697 bits per heavy atom. The molecule has 2 heterocycles. The van der Waals surface area contributed by atoms with Crippen molar-refractivity contribution in [2.75, 3.05) is 26.2 Å². The summed E-state index contributed by atoms with van der Waals surface area (Å²) in [6.07, 6.45) is 8.41. The first-order valence-electron chi connectivity index (χ1n) is 10.6. The maximum Gasteiger partial charge on any atom is 0.246 e. The zero-order valence-electron chi connectivity index (χ0n) is 17.7. The van der Waals surface area contributed by atoms with E-state index in [4.69, 9.17) is 46.4 Å². The van der Waals surface area contributed by atoms with Crippen molar-refractivity contribution in [2.24, 2.45) is 5.41 Å². The van der Waals surface area contributed by atoms with E-state index in [0.717, 1.165) is 37.1 Å². The van der Waals surface area contributed by atoms with E-state index in [-0.39, 0.29) is 17.2 Å². The van der Waals surface area contributed by atoms with E-state index < -0.39 is 0 Å². The fourth-order valence-corrected chi connectivity index (χ4v) is 4.83. The number of rotatable bonds is 4. The molecule has 0 bridgehead atoms. The van der Waals surface area contributed by atoms with Crippen molar-refractivity contribution in [2.45, 2.75) is 12.8 Å². The van der Waals surface area contributed by atoms with E-state index >= 15 is 0 Å². The molecule has 33 heavy (non-hydrogen) atoms. The molecule has 2 fully saturated rings. The van der Waals surface area contributed by atoms with Gasteiger partial charge in [0, 0.05) is 43.7 Å². The first-order valence-corrected chi connectivity index (χ1v) is 12.1. The first-order chi connectivity index (χ1) is 15.7. The van der Waals surface area contributed by atoms with Gasteiger partial charge in [-0.15, -0.1) is 0 Å². The zero-order valence-corrected chi connectivity index (χ0v) is 20.8. The lowest BCUT2D eigenvalue weighted by Crippen LogP contribution is -2.61. The quantitative estimate of drug-likeness (QED) is 0.430. The fourth-order valence-electron chi connectivity index (χ4n) is 4.21. The minimum atomic E-state index is -0.0206. The summed E-state index contributed by atoms with van der Waals surface area (Å²) in [5.41, 5.74) is 1.76. The Kier molecular flexibility index (Phi) is 7.40. The standard InChI is InChI=1S/C25H22Cl4N2O2/c26-19-5-1-17(13-21(19)28)3-7-23(32)30-11-9-25(10-12-30)15-31(16-25)24(33)8-4-18-2-6-20(27)22(29)14-18/h1-8,13-14H,9-12,15-16H2. The summed E-state index contributed by atoms with van der Waals surface area (Å²) in [6.45, 7) is 2.81. The highest BCUT2D eigenvalue weighted by molar-refractivity contribution is 6.42. The molecule has 172 valence electrons. The highest BCUT2D eigenvalue weighted by Crippen LogP contribution is 2.40. The van der Waals surface area contributed by atoms with Crippen LogP contribution in [0, 0.1) is 5.41 Å². The van der Waals surface area contributed by atoms with Gasteiger partial charge in [0.1, 0.15) is 0 Å². The average Bonchev–Trinajstić information content (AvgIpc) is 2.78. The first kappa shape index (κ1) is 24.2. The van der Waals surface area contributed by atoms with Crippen molar-refractivity contribution < 1.29 is 9.59 Å². The maximum atomic E-state index is 12.6. The molecule has 0 atom stereocenters. The molecule has 2 aliphatic rings. The number of likely N-dealkylation sites (tertiary alicyclic amines) is 2. The van der Waals surface area contributed by atoms with Gasteiger partial charge in [-0.2, -0.15) is 0 Å². The molecule has 1 spiro atoms. The van der Waals surface area contributed by atoms with Crippen LogP contribution in [0.4, 0.5) is 0 Å². The molecule has 2 aromatic rings. The number of hydrogen-bond donors (Lipinski definition) is 0. The molecule has 8 heteroatoms. The van der Waals surface area contributed by atoms with Gasteiger partial charge >= 0.3 is 0 Å². The Bertz CT molecular complexity index is 1130. The normalized spacial score (nSPS) is 17.7. The van der Waals surface area contributed by atoms with Crippen LogP contribution in [0.2, 0.25) is 20.1 Å². The van der Waals surface area contributed by atoms with Crippen molar-refractivity contribution in [1.29, 1.82) is 0 Å². The van der Waals surface area contributed by atoms with E-state index in [2.05, 4.69) is 0 Å². The summed E-state index contributed by atoms with van der Waals surface area (Å²) in [5.74, 6) is -0.0394. The van der Waals surface area contributed by atoms with E-state index in [1.54, 1.807) is 48.6 Å². The molecule has 0 aliphatic carbocycles. The van der Waals surface area contributed by atoms with Gasteiger partial charge in [-0.25, -0.2) is 0 Å². The number of carbonyl (C=O) groups excluding carboxylic acids is 2. The van der Waals surface area contributed by atoms with E-state index in [0.29, 0.717) is 33.2 Å². The molecule has 0 aromatic heterocycles. The monoisotopic (exact) mass is 522 g/mol. The largest absolute Gasteiger partial charge is 0.339 e. The Labute approximate surface area is 213 Å². The second-order valence-corrected chi connectivity index (χ2v) is 10.2. The van der Waals surface area contributed by atoms with Gasteiger partial charge in [0.15, 0.2) is 0 Å². The van der Waals surface area contributed by atoms with Crippen LogP contribution >= 0.6 is 46.4 Å². The van der Waals surface area contributed by atoms with Crippen LogP contribution in [0.3, 0.4) is 0 Å². The number of piperidine rings is 1. The van der Waals surface area contributed by atoms with Crippen LogP contribution in [-0.2, 0) is 9.59 Å². The predicted octanol–water partition coefficient (Wildman–Crippen LogP) is 6.48. The van der Waals surface area contributed by atoms with Crippen LogP contribution in [0.5, 0.6) is 0 Å². The van der Waals surface area contributed by atoms with Crippen molar-refractivity contribution in [3.63, 3.8) is 0 Å². The molecular weight excluding hydrogens is 502 g/mol. The van der Waals surface area contributed by atoms with Crippen LogP contribution in [0.25, 0.3) is 12.2 Å². The summed E-state index contributed by atoms with van der Waals surface area (Å²) in [6, 6.07) is 10.5. The van der Waals surface area contributed by atoms with Gasteiger partial charge in [-0.1, -0.05) is 58.5 Å². The summed E-state index contributed by atoms with van der Waals surface area (Å²) >= 11 is 23.9. The lowest BCUT2D eigenvalue weighted by Gasteiger charge is -2.53. The topological polar surface area (TPSA) is 40.6 Å². The van der Waals surface area contributed by atoms with Gasteiger partial charge in [-0.05, 0) is 60.4 Å². The maximum absolute atomic E-state index is 12.6. The van der Waals surface area contributed by atoms with Crippen LogP contribution in [-0.4, -0.2) is 47.8 Å². The van der Waals surface area contributed by atoms with E-state index in [1.165, 1.54) is 0 Å². The second-order valence-electron chi connectivity index (χ2n) is 8.53. The molecule has 4 rings (SSSR count). The Morgan fingerprint density at radius 3 is 1.61 bits per heavy atom. The van der Waals surface area contributed by atoms with Crippen LogP contribution in [0.15, 0.2) is 48.6 Å². The summed E-state index contributed by atoms with van der Waals surface area (Å²) in [5, 5.41) is 1.89. The lowest BCUT2D eigenvalue weighted by atomic mass is 9.72. The number of amides is 2. The predicted molar refractivity (Wildman–Crippen MR) is 136 cm³/mol. The Balaban J connectivity index is 1.25. The smallest absolute Gasteiger partial charge is 0.246 e. The third-order valence-electron chi connectivity index (χ3n) is 6.22. The lowest BCUT2D eigenvalue weighted by molar-refractivity contribution is -0.144. The number of nitrogens with zero attached hydrogens (tertiary/aromatic N) is 2. The van der Waals surface area contributed by atoms with Gasteiger partial charge in [0.2, 0.25) is 11.8 Å². The fraction of sp³-hybridized carbons (Fsp3) is 0.280. The molecule has 2 aliphatic heterocycles. The summed E-state index contributed by atoms with van der Waals surface area (Å²) < 4.78 is 0. The highest BCUT2D eigenvalue weighted by Gasteiger charge is 2.46. The summed E-state index contributed by atoms with van der Waals surface area (Å²) in [7, 11) is 0. The highest BCUT2D eigenvalue weighted by atomic mass is 35.5. The number of halogens is 4. The molecule has 0 unspecified atom stereocenters. The molecule has 0 N–H and O–H groups in total. The van der Waals surface area contributed by atoms with E-state index in [9.17, 15) is 9.59 Å². The van der Waals surface area contributed by atoms with Crippen molar-refractivity contribution >= 4 is 70.4 Å². The van der Waals surface area contributed by atoms with E-state index in [1.807, 2.05) is 21.9 Å². The van der Waals surface area contributed by atoms with Gasteiger partial charge in [-0.3, -0.25) is 9.59 Å². The van der Waals surface area contributed by atoms with Gasteiger partial charge < -0.3 is 9.80 Å². The second kappa shape index (κ2) is 10.1. The molecule has 4 nitrogen and oxygen atoms in total. The van der Waals surface area contributed by atoms with Crippen molar-refractivity contribution in [3.05, 3.63) is 79.8 Å². The molecule has 2 saturated heterocycles. The Hall–Kier alpha value is -1.98. The zero-order chi connectivity index (χ0) is 23.6. The minimum Gasteiger partial charge on any atom is -0.339 e. The van der Waals surface area contributed by atoms with Gasteiger partial charge in [0.25, 0.3) is 0 Å². The molecule has 0 radical (unpaired) electrons. The third kappa shape index (κ3) is 5.75. The van der Waals surface area contributed by atoms with Crippen molar-refractivity contribution in [1.82, 2.24) is 9.80 Å². The minimum absolute atomic E-state index is 0.0187. The number of benzene rings is 2. The Morgan fingerprint density at radius 2 is 1.15 bits per heavy atom. The molecule has 0 saturated carbocycles. The van der Waals surface area contributed by atoms with Crippen LogP contribution < -0.4 is 0 Å². The average molecular weight is 524 g/mol. The van der Waals surface area contributed by atoms with Crippen LogP contribution in [0.1, 0.15) is 24.0 Å². The summed E-state index contributed by atoms with van der Waals surface area (Å²) in [4.78, 5) is 28.8. The molecule has 2 amide bonds. The number of carbonyl (C=O) groups is 2. The molecular formula is C25H22Cl4N2O2. The van der Waals surface area contributed by atoms with Gasteiger partial charge in [0.05, 0.1) is 20.1 Å².